The van der Waals surface area contributed by atoms with Gasteiger partial charge in [-0.25, -0.2) is 9.59 Å². The number of hydrogen-bond donors (Lipinski definition) is 3. The Labute approximate surface area is 324 Å². The number of nitrogens with one attached hydrogen (secondary N) is 1. The van der Waals surface area contributed by atoms with E-state index < -0.39 is 93.4 Å². The van der Waals surface area contributed by atoms with Gasteiger partial charge in [-0.2, -0.15) is 0 Å². The van der Waals surface area contributed by atoms with Crippen molar-refractivity contribution in [1.82, 2.24) is 5.32 Å². The molecular formula is C44H57NO10. The van der Waals surface area contributed by atoms with Crippen LogP contribution in [0, 0.1) is 34.0 Å². The van der Waals surface area contributed by atoms with Crippen molar-refractivity contribution < 1.29 is 48.3 Å². The summed E-state index contributed by atoms with van der Waals surface area (Å²) in [5.41, 5.74) is -3.90. The SMILES string of the molecule is CC1=C2[C@@H](OC(=O)c3ccccc3)C(=O)[C@@]3(C)C([C@H](C)[C@](O)(C[C@@H]1OC(=O)[C@H](C)[C@@H](NC(=O)OC(C)(C)C)c1ccccc1)C2(C)C)[C@]1(C)CO[C@@H]1C[C@@H]3O. The largest absolute Gasteiger partial charge is 0.457 e. The number of aliphatic hydroxyl groups excluding tert-OH is 1. The summed E-state index contributed by atoms with van der Waals surface area (Å²) in [6, 6.07) is 16.6. The first-order valence-corrected chi connectivity index (χ1v) is 19.4. The maximum atomic E-state index is 15.4. The highest BCUT2D eigenvalue weighted by Gasteiger charge is 2.73. The Kier molecular flexibility index (Phi) is 10.4. The summed E-state index contributed by atoms with van der Waals surface area (Å²) in [7, 11) is 0. The minimum atomic E-state index is -1.63. The van der Waals surface area contributed by atoms with Gasteiger partial charge in [-0.05, 0) is 82.2 Å². The highest BCUT2D eigenvalue weighted by molar-refractivity contribution is 5.97. The summed E-state index contributed by atoms with van der Waals surface area (Å²) in [5, 5.41) is 28.0. The second kappa shape index (κ2) is 14.2. The number of carbonyl (C=O) groups is 4. The van der Waals surface area contributed by atoms with Gasteiger partial charge in [-0.15, -0.1) is 0 Å². The molecule has 11 atom stereocenters. The normalized spacial score (nSPS) is 35.0. The van der Waals surface area contributed by atoms with Crippen LogP contribution in [0.1, 0.15) is 104 Å². The number of alkyl carbamates (subject to hydrolysis) is 1. The van der Waals surface area contributed by atoms with Crippen molar-refractivity contribution in [3.8, 4) is 0 Å². The van der Waals surface area contributed by atoms with Crippen molar-refractivity contribution in [2.75, 3.05) is 6.61 Å². The van der Waals surface area contributed by atoms with Gasteiger partial charge >= 0.3 is 18.0 Å². The molecule has 1 amide bonds. The number of hydrogen-bond acceptors (Lipinski definition) is 10. The zero-order valence-electron chi connectivity index (χ0n) is 33.7. The lowest BCUT2D eigenvalue weighted by atomic mass is 9.40. The van der Waals surface area contributed by atoms with Crippen molar-refractivity contribution in [3.63, 3.8) is 0 Å². The molecule has 3 N–H and O–H groups in total. The summed E-state index contributed by atoms with van der Waals surface area (Å²) in [6.45, 7) is 18.3. The molecule has 55 heavy (non-hydrogen) atoms. The zero-order chi connectivity index (χ0) is 40.5. The van der Waals surface area contributed by atoms with Gasteiger partial charge in [-0.3, -0.25) is 9.59 Å². The topological polar surface area (TPSA) is 158 Å². The maximum Gasteiger partial charge on any atom is 0.408 e. The number of Topliss-reactive ketones (excluding diaryl/α,β-unsaturated/α-hetero) is 1. The Hall–Kier alpha value is -4.06. The maximum absolute atomic E-state index is 15.4. The van der Waals surface area contributed by atoms with Crippen LogP contribution in [-0.2, 0) is 28.5 Å². The fourth-order valence-electron chi connectivity index (χ4n) is 10.4. The van der Waals surface area contributed by atoms with Crippen molar-refractivity contribution in [2.45, 2.75) is 124 Å². The van der Waals surface area contributed by atoms with E-state index in [0.717, 1.165) is 0 Å². The fourth-order valence-corrected chi connectivity index (χ4v) is 10.4. The van der Waals surface area contributed by atoms with Crippen LogP contribution >= 0.6 is 0 Å². The van der Waals surface area contributed by atoms with E-state index in [4.69, 9.17) is 18.9 Å². The lowest BCUT2D eigenvalue weighted by Crippen LogP contribution is -2.75. The number of carbonyl (C=O) groups excluding carboxylic acids is 4. The first-order chi connectivity index (χ1) is 25.6. The highest BCUT2D eigenvalue weighted by Crippen LogP contribution is 2.67. The van der Waals surface area contributed by atoms with Gasteiger partial charge in [0.15, 0.2) is 11.9 Å². The number of esters is 2. The molecule has 2 saturated carbocycles. The van der Waals surface area contributed by atoms with Crippen LogP contribution < -0.4 is 5.32 Å². The average molecular weight is 760 g/mol. The molecule has 2 bridgehead atoms. The first kappa shape index (κ1) is 40.6. The second-order valence-corrected chi connectivity index (χ2v) is 18.2. The van der Waals surface area contributed by atoms with Gasteiger partial charge in [0.05, 0.1) is 47.4 Å². The molecule has 11 nitrogen and oxygen atoms in total. The quantitative estimate of drug-likeness (QED) is 0.161. The Balaban J connectivity index is 1.45. The fraction of sp³-hybridized carbons (Fsp3) is 0.591. The molecule has 0 radical (unpaired) electrons. The number of rotatable bonds is 7. The molecular weight excluding hydrogens is 702 g/mol. The summed E-state index contributed by atoms with van der Waals surface area (Å²) in [6.07, 6.45) is -4.54. The number of aliphatic hydroxyl groups is 2. The summed E-state index contributed by atoms with van der Waals surface area (Å²) < 4.78 is 24.1. The minimum absolute atomic E-state index is 0.0255. The van der Waals surface area contributed by atoms with Crippen LogP contribution in [-0.4, -0.2) is 76.3 Å². The lowest BCUT2D eigenvalue weighted by Gasteiger charge is -2.68. The molecule has 1 heterocycles. The summed E-state index contributed by atoms with van der Waals surface area (Å²) >= 11 is 0. The van der Waals surface area contributed by atoms with E-state index in [1.807, 2.05) is 45.9 Å². The molecule has 3 aliphatic carbocycles. The van der Waals surface area contributed by atoms with Crippen molar-refractivity contribution in [2.24, 2.45) is 34.0 Å². The zero-order valence-corrected chi connectivity index (χ0v) is 33.7. The van der Waals surface area contributed by atoms with Crippen LogP contribution in [0.5, 0.6) is 0 Å². The van der Waals surface area contributed by atoms with E-state index in [2.05, 4.69) is 5.32 Å². The predicted octanol–water partition coefficient (Wildman–Crippen LogP) is 6.51. The third-order valence-electron chi connectivity index (χ3n) is 13.5. The standard InChI is InChI=1S/C44H57NO10/c1-24-29(53-37(48)25(2)33(27-17-13-11-14-18-27)45-39(50)55-40(4,5)6)22-44(51)26(3)35-42(9)23-52-31(42)21-30(46)43(35,10)36(47)34(32(24)41(44,7)8)54-38(49)28-19-15-12-16-20-28/h11-20,25-26,29-31,33-35,46,51H,21-23H2,1-10H3,(H,45,50)/t25-,26+,29+,30+,31-,33-,34-,35?,42-,43-,44-/m1/s1. The van der Waals surface area contributed by atoms with Crippen LogP contribution in [0.25, 0.3) is 0 Å². The molecule has 1 aliphatic heterocycles. The molecule has 4 aliphatic rings. The summed E-state index contributed by atoms with van der Waals surface area (Å²) in [4.78, 5) is 56.6. The van der Waals surface area contributed by atoms with Gasteiger partial charge in [0.2, 0.25) is 0 Å². The molecule has 1 saturated heterocycles. The lowest BCUT2D eigenvalue weighted by molar-refractivity contribution is -0.302. The monoisotopic (exact) mass is 759 g/mol. The van der Waals surface area contributed by atoms with Crippen LogP contribution in [0.15, 0.2) is 71.8 Å². The number of amides is 1. The molecule has 3 fully saturated rings. The first-order valence-electron chi connectivity index (χ1n) is 19.4. The molecule has 6 rings (SSSR count). The Morgan fingerprint density at radius 2 is 1.56 bits per heavy atom. The highest BCUT2D eigenvalue weighted by atomic mass is 16.6. The van der Waals surface area contributed by atoms with Gasteiger partial charge in [0, 0.05) is 23.7 Å². The van der Waals surface area contributed by atoms with Gasteiger partial charge < -0.3 is 34.5 Å². The van der Waals surface area contributed by atoms with Gasteiger partial charge in [0.1, 0.15) is 11.7 Å². The van der Waals surface area contributed by atoms with E-state index in [1.165, 1.54) is 0 Å². The predicted molar refractivity (Wildman–Crippen MR) is 204 cm³/mol. The van der Waals surface area contributed by atoms with Crippen molar-refractivity contribution >= 4 is 23.8 Å². The van der Waals surface area contributed by atoms with Crippen LogP contribution in [0.3, 0.4) is 0 Å². The van der Waals surface area contributed by atoms with E-state index in [0.29, 0.717) is 23.3 Å². The molecule has 2 aromatic rings. The second-order valence-electron chi connectivity index (χ2n) is 18.2. The van der Waals surface area contributed by atoms with E-state index in [1.54, 1.807) is 84.0 Å². The third kappa shape index (κ3) is 6.69. The molecule has 11 heteroatoms. The van der Waals surface area contributed by atoms with Crippen molar-refractivity contribution in [3.05, 3.63) is 82.9 Å². The third-order valence-corrected chi connectivity index (χ3v) is 13.5. The van der Waals surface area contributed by atoms with Crippen LogP contribution in [0.2, 0.25) is 0 Å². The van der Waals surface area contributed by atoms with Gasteiger partial charge in [-0.1, -0.05) is 76.2 Å². The number of benzene rings is 2. The number of ether oxygens (including phenoxy) is 4. The van der Waals surface area contributed by atoms with E-state index >= 15 is 4.79 Å². The van der Waals surface area contributed by atoms with Gasteiger partial charge in [0.25, 0.3) is 0 Å². The molecule has 0 spiro atoms. The number of fused-ring (bicyclic) bond motifs is 5. The Morgan fingerprint density at radius 3 is 2.13 bits per heavy atom. The molecule has 0 aromatic heterocycles. The van der Waals surface area contributed by atoms with E-state index in [-0.39, 0.29) is 24.5 Å². The van der Waals surface area contributed by atoms with Crippen LogP contribution in [0.4, 0.5) is 4.79 Å². The molecule has 298 valence electrons. The molecule has 2 aromatic carbocycles. The Morgan fingerprint density at radius 1 is 0.964 bits per heavy atom. The Bertz CT molecular complexity index is 1850. The smallest absolute Gasteiger partial charge is 0.408 e. The average Bonchev–Trinajstić information content (AvgIpc) is 3.12. The molecule has 1 unspecified atom stereocenters. The van der Waals surface area contributed by atoms with Crippen molar-refractivity contribution in [1.29, 1.82) is 0 Å². The summed E-state index contributed by atoms with van der Waals surface area (Å²) in [5.74, 6) is -4.00. The van der Waals surface area contributed by atoms with E-state index in [9.17, 15) is 24.6 Å². The minimum Gasteiger partial charge on any atom is -0.457 e. The number of ketones is 1.